The van der Waals surface area contributed by atoms with Crippen LogP contribution in [0.1, 0.15) is 52.7 Å². The third kappa shape index (κ3) is 2.82. The molecule has 0 aliphatic carbocycles. The summed E-state index contributed by atoms with van der Waals surface area (Å²) in [5.41, 5.74) is 3.00. The molecule has 0 bridgehead atoms. The van der Waals surface area contributed by atoms with E-state index in [2.05, 4.69) is 63.6 Å². The van der Waals surface area contributed by atoms with Gasteiger partial charge < -0.3 is 10.0 Å². The Morgan fingerprint density at radius 3 is 1.85 bits per heavy atom. The van der Waals surface area contributed by atoms with Crippen LogP contribution >= 0.6 is 0 Å². The van der Waals surface area contributed by atoms with Gasteiger partial charge >= 0.3 is 0 Å². The second-order valence-electron chi connectivity index (χ2n) is 7.62. The number of nitrogens with zero attached hydrogens (tertiary/aromatic N) is 2. The van der Waals surface area contributed by atoms with E-state index in [4.69, 9.17) is 0 Å². The van der Waals surface area contributed by atoms with E-state index >= 15 is 0 Å². The van der Waals surface area contributed by atoms with Gasteiger partial charge in [0.2, 0.25) is 0 Å². The molecule has 0 radical (unpaired) electrons. The van der Waals surface area contributed by atoms with Gasteiger partial charge in [0.15, 0.2) is 0 Å². The lowest BCUT2D eigenvalue weighted by molar-refractivity contribution is 0.423. The fourth-order valence-corrected chi connectivity index (χ4v) is 2.50. The standard InChI is InChI=1S/C17H26N2O/c1-16(2,3)13-9-12(19-8-7-18-11-19)10-14(15(13)20)17(4,5)6/h7,9-10,20H,8,11H2,1-6H3. The van der Waals surface area contributed by atoms with Gasteiger partial charge in [-0.1, -0.05) is 41.5 Å². The van der Waals surface area contributed by atoms with Crippen LogP contribution in [0.25, 0.3) is 0 Å². The molecule has 0 amide bonds. The SMILES string of the molecule is CC(C)(C)c1cc(N2CC=NC2)cc(C(C)(C)C)c1O. The summed E-state index contributed by atoms with van der Waals surface area (Å²) in [7, 11) is 0. The minimum atomic E-state index is -0.0827. The van der Waals surface area contributed by atoms with Crippen LogP contribution < -0.4 is 4.90 Å². The molecule has 1 aliphatic heterocycles. The first-order valence-corrected chi connectivity index (χ1v) is 7.22. The molecule has 0 aromatic heterocycles. The van der Waals surface area contributed by atoms with E-state index in [9.17, 15) is 5.11 Å². The average Bonchev–Trinajstić information content (AvgIpc) is 2.79. The highest BCUT2D eigenvalue weighted by atomic mass is 16.3. The van der Waals surface area contributed by atoms with Crippen molar-refractivity contribution in [1.29, 1.82) is 0 Å². The van der Waals surface area contributed by atoms with Crippen molar-refractivity contribution >= 4 is 11.9 Å². The van der Waals surface area contributed by atoms with Crippen molar-refractivity contribution < 1.29 is 5.11 Å². The summed E-state index contributed by atoms with van der Waals surface area (Å²) in [6, 6.07) is 4.22. The normalized spacial score (nSPS) is 16.0. The van der Waals surface area contributed by atoms with Crippen LogP contribution in [0.3, 0.4) is 0 Å². The molecule has 0 unspecified atom stereocenters. The number of aliphatic imine (C=N–C) groups is 1. The van der Waals surface area contributed by atoms with E-state index < -0.39 is 0 Å². The van der Waals surface area contributed by atoms with E-state index in [1.807, 2.05) is 6.21 Å². The van der Waals surface area contributed by atoms with Crippen molar-refractivity contribution in [2.24, 2.45) is 4.99 Å². The molecule has 0 spiro atoms. The number of aromatic hydroxyl groups is 1. The predicted octanol–water partition coefficient (Wildman–Crippen LogP) is 3.84. The Kier molecular flexibility index (Phi) is 3.57. The molecule has 2 rings (SSSR count). The lowest BCUT2D eigenvalue weighted by atomic mass is 9.79. The topological polar surface area (TPSA) is 35.8 Å². The van der Waals surface area contributed by atoms with Crippen LogP contribution in [0.4, 0.5) is 5.69 Å². The maximum absolute atomic E-state index is 10.7. The molecular weight excluding hydrogens is 248 g/mol. The second-order valence-corrected chi connectivity index (χ2v) is 7.62. The van der Waals surface area contributed by atoms with Gasteiger partial charge in [-0.15, -0.1) is 0 Å². The summed E-state index contributed by atoms with van der Waals surface area (Å²) in [4.78, 5) is 6.51. The Bertz CT molecular complexity index is 490. The zero-order valence-corrected chi connectivity index (χ0v) is 13.5. The zero-order valence-electron chi connectivity index (χ0n) is 13.5. The number of hydrogen-bond acceptors (Lipinski definition) is 3. The van der Waals surface area contributed by atoms with E-state index in [1.165, 1.54) is 0 Å². The Hall–Kier alpha value is -1.51. The molecule has 1 aliphatic rings. The molecule has 0 saturated carbocycles. The molecule has 3 nitrogen and oxygen atoms in total. The van der Waals surface area contributed by atoms with Crippen LogP contribution in [0.5, 0.6) is 5.75 Å². The highest BCUT2D eigenvalue weighted by Gasteiger charge is 2.27. The molecule has 3 heteroatoms. The van der Waals surface area contributed by atoms with Crippen LogP contribution in [0.2, 0.25) is 0 Å². The quantitative estimate of drug-likeness (QED) is 0.844. The minimum absolute atomic E-state index is 0.0827. The summed E-state index contributed by atoms with van der Waals surface area (Å²) in [5.74, 6) is 0.439. The second kappa shape index (κ2) is 4.80. The van der Waals surface area contributed by atoms with E-state index in [-0.39, 0.29) is 10.8 Å². The highest BCUT2D eigenvalue weighted by Crippen LogP contribution is 2.41. The maximum Gasteiger partial charge on any atom is 0.123 e. The fraction of sp³-hybridized carbons (Fsp3) is 0.588. The summed E-state index contributed by atoms with van der Waals surface area (Å²) in [6.45, 7) is 14.4. The van der Waals surface area contributed by atoms with Crippen molar-refractivity contribution in [3.05, 3.63) is 23.3 Å². The first kappa shape index (κ1) is 14.9. The predicted molar refractivity (Wildman–Crippen MR) is 86.2 cm³/mol. The van der Waals surface area contributed by atoms with Gasteiger partial charge in [-0.2, -0.15) is 0 Å². The van der Waals surface area contributed by atoms with Crippen LogP contribution in [0, 0.1) is 0 Å². The summed E-state index contributed by atoms with van der Waals surface area (Å²) in [6.07, 6.45) is 1.94. The Morgan fingerprint density at radius 2 is 1.50 bits per heavy atom. The van der Waals surface area contributed by atoms with Crippen LogP contribution in [-0.4, -0.2) is 24.5 Å². The molecule has 1 aromatic carbocycles. The van der Waals surface area contributed by atoms with Crippen molar-refractivity contribution in [2.75, 3.05) is 18.1 Å². The monoisotopic (exact) mass is 274 g/mol. The number of anilines is 1. The fourth-order valence-electron chi connectivity index (χ4n) is 2.50. The van der Waals surface area contributed by atoms with Crippen molar-refractivity contribution in [3.63, 3.8) is 0 Å². The first-order chi connectivity index (χ1) is 9.10. The maximum atomic E-state index is 10.7. The van der Waals surface area contributed by atoms with E-state index in [0.29, 0.717) is 12.4 Å². The Labute approximate surface area is 122 Å². The van der Waals surface area contributed by atoms with Crippen LogP contribution in [-0.2, 0) is 10.8 Å². The third-order valence-corrected chi connectivity index (χ3v) is 3.76. The van der Waals surface area contributed by atoms with E-state index in [0.717, 1.165) is 23.4 Å². The number of rotatable bonds is 1. The lowest BCUT2D eigenvalue weighted by Gasteiger charge is -2.30. The molecule has 1 heterocycles. The Morgan fingerprint density at radius 1 is 1.00 bits per heavy atom. The zero-order chi connectivity index (χ0) is 15.1. The van der Waals surface area contributed by atoms with Gasteiger partial charge in [-0.3, -0.25) is 4.99 Å². The summed E-state index contributed by atoms with van der Waals surface area (Å²) in [5, 5.41) is 10.7. The van der Waals surface area contributed by atoms with Gasteiger partial charge in [0.25, 0.3) is 0 Å². The van der Waals surface area contributed by atoms with Crippen LogP contribution in [0.15, 0.2) is 17.1 Å². The smallest absolute Gasteiger partial charge is 0.123 e. The molecule has 1 aromatic rings. The number of benzene rings is 1. The highest BCUT2D eigenvalue weighted by molar-refractivity contribution is 5.71. The molecule has 1 N–H and O–H groups in total. The summed E-state index contributed by atoms with van der Waals surface area (Å²) < 4.78 is 0. The molecule has 0 atom stereocenters. The molecular formula is C17H26N2O. The van der Waals surface area contributed by atoms with Crippen molar-refractivity contribution in [1.82, 2.24) is 0 Å². The molecule has 110 valence electrons. The molecule has 0 fully saturated rings. The van der Waals surface area contributed by atoms with Gasteiger partial charge in [0.1, 0.15) is 12.4 Å². The Balaban J connectivity index is 2.60. The first-order valence-electron chi connectivity index (χ1n) is 7.22. The number of phenolic OH excluding ortho intramolecular Hbond substituents is 1. The summed E-state index contributed by atoms with van der Waals surface area (Å²) >= 11 is 0. The lowest BCUT2D eigenvalue weighted by Crippen LogP contribution is -2.23. The van der Waals surface area contributed by atoms with Crippen molar-refractivity contribution in [3.8, 4) is 5.75 Å². The minimum Gasteiger partial charge on any atom is -0.507 e. The number of phenols is 1. The third-order valence-electron chi connectivity index (χ3n) is 3.76. The van der Waals surface area contributed by atoms with Gasteiger partial charge in [-0.25, -0.2) is 0 Å². The van der Waals surface area contributed by atoms with E-state index in [1.54, 1.807) is 0 Å². The van der Waals surface area contributed by atoms with Gasteiger partial charge in [0, 0.05) is 23.0 Å². The van der Waals surface area contributed by atoms with Gasteiger partial charge in [-0.05, 0) is 23.0 Å². The van der Waals surface area contributed by atoms with Gasteiger partial charge in [0.05, 0.1) is 6.54 Å². The molecule has 20 heavy (non-hydrogen) atoms. The average molecular weight is 274 g/mol. The van der Waals surface area contributed by atoms with Crippen molar-refractivity contribution in [2.45, 2.75) is 52.4 Å². The number of hydrogen-bond donors (Lipinski definition) is 1. The largest absolute Gasteiger partial charge is 0.507 e. The molecule has 0 saturated heterocycles.